The smallest absolute Gasteiger partial charge is 0.211 e. The molecule has 0 radical (unpaired) electrons. The SMILES string of the molecule is CCC(CCBr)CNS(=O)(=O)c1ccccc1C. The molecule has 3 nitrogen and oxygen atoms in total. The van der Waals surface area contributed by atoms with E-state index in [4.69, 9.17) is 0 Å². The lowest BCUT2D eigenvalue weighted by atomic mass is 10.0. The Morgan fingerprint density at radius 2 is 2.00 bits per heavy atom. The molecule has 1 rings (SSSR count). The summed E-state index contributed by atoms with van der Waals surface area (Å²) in [5.74, 6) is 0.378. The third-order valence-electron chi connectivity index (χ3n) is 3.04. The van der Waals surface area contributed by atoms with Crippen LogP contribution in [0, 0.1) is 12.8 Å². The minimum atomic E-state index is -3.38. The van der Waals surface area contributed by atoms with E-state index in [-0.39, 0.29) is 0 Å². The van der Waals surface area contributed by atoms with Gasteiger partial charge in [-0.15, -0.1) is 0 Å². The Morgan fingerprint density at radius 1 is 1.33 bits per heavy atom. The van der Waals surface area contributed by atoms with E-state index in [1.807, 2.05) is 19.1 Å². The Kier molecular flexibility index (Phi) is 6.32. The van der Waals surface area contributed by atoms with Crippen LogP contribution in [0.25, 0.3) is 0 Å². The Balaban J connectivity index is 2.74. The number of halogens is 1. The van der Waals surface area contributed by atoms with Crippen LogP contribution in [0.15, 0.2) is 29.2 Å². The number of hydrogen-bond donors (Lipinski definition) is 1. The number of alkyl halides is 1. The molecule has 18 heavy (non-hydrogen) atoms. The van der Waals surface area contributed by atoms with Crippen LogP contribution in [0.4, 0.5) is 0 Å². The first-order valence-electron chi connectivity index (χ1n) is 6.12. The summed E-state index contributed by atoms with van der Waals surface area (Å²) in [6, 6.07) is 7.04. The van der Waals surface area contributed by atoms with Gasteiger partial charge in [-0.3, -0.25) is 0 Å². The monoisotopic (exact) mass is 333 g/mol. The first-order chi connectivity index (χ1) is 8.51. The number of benzene rings is 1. The highest BCUT2D eigenvalue weighted by molar-refractivity contribution is 9.09. The second kappa shape index (κ2) is 7.26. The molecular weight excluding hydrogens is 314 g/mol. The lowest BCUT2D eigenvalue weighted by Crippen LogP contribution is -2.29. The van der Waals surface area contributed by atoms with E-state index in [1.165, 1.54) is 0 Å². The minimum Gasteiger partial charge on any atom is -0.211 e. The van der Waals surface area contributed by atoms with Gasteiger partial charge in [0, 0.05) is 11.9 Å². The summed E-state index contributed by atoms with van der Waals surface area (Å²) in [5, 5.41) is 0.900. The van der Waals surface area contributed by atoms with E-state index >= 15 is 0 Å². The Labute approximate surface area is 118 Å². The van der Waals surface area contributed by atoms with Crippen molar-refractivity contribution in [3.63, 3.8) is 0 Å². The molecule has 1 unspecified atom stereocenters. The van der Waals surface area contributed by atoms with Crippen LogP contribution in [0.1, 0.15) is 25.3 Å². The van der Waals surface area contributed by atoms with E-state index in [2.05, 4.69) is 27.6 Å². The van der Waals surface area contributed by atoms with Crippen molar-refractivity contribution in [1.82, 2.24) is 4.72 Å². The van der Waals surface area contributed by atoms with Crippen molar-refractivity contribution >= 4 is 26.0 Å². The van der Waals surface area contributed by atoms with Gasteiger partial charge in [0.05, 0.1) is 4.90 Å². The molecule has 1 N–H and O–H groups in total. The molecule has 1 aromatic rings. The molecule has 1 atom stereocenters. The first kappa shape index (κ1) is 15.7. The van der Waals surface area contributed by atoms with Crippen molar-refractivity contribution in [1.29, 1.82) is 0 Å². The van der Waals surface area contributed by atoms with Gasteiger partial charge in [0.15, 0.2) is 0 Å². The third kappa shape index (κ3) is 4.37. The lowest BCUT2D eigenvalue weighted by molar-refractivity contribution is 0.483. The maximum absolute atomic E-state index is 12.2. The normalized spacial score (nSPS) is 13.5. The van der Waals surface area contributed by atoms with Gasteiger partial charge in [0.25, 0.3) is 0 Å². The molecule has 5 heteroatoms. The highest BCUT2D eigenvalue weighted by Crippen LogP contribution is 2.15. The van der Waals surface area contributed by atoms with Gasteiger partial charge in [-0.05, 0) is 30.9 Å². The van der Waals surface area contributed by atoms with Crippen LogP contribution in [0.3, 0.4) is 0 Å². The van der Waals surface area contributed by atoms with Crippen molar-refractivity contribution in [3.8, 4) is 0 Å². The summed E-state index contributed by atoms with van der Waals surface area (Å²) >= 11 is 3.39. The summed E-state index contributed by atoms with van der Waals surface area (Å²) in [6.07, 6.45) is 1.95. The van der Waals surface area contributed by atoms with Gasteiger partial charge < -0.3 is 0 Å². The van der Waals surface area contributed by atoms with Gasteiger partial charge >= 0.3 is 0 Å². The van der Waals surface area contributed by atoms with Gasteiger partial charge in [-0.2, -0.15) is 0 Å². The van der Waals surface area contributed by atoms with E-state index < -0.39 is 10.0 Å². The fourth-order valence-electron chi connectivity index (χ4n) is 1.77. The maximum Gasteiger partial charge on any atom is 0.240 e. The molecule has 0 saturated carbocycles. The molecule has 1 aromatic carbocycles. The highest BCUT2D eigenvalue weighted by atomic mass is 79.9. The molecule has 0 bridgehead atoms. The number of rotatable bonds is 7. The van der Waals surface area contributed by atoms with Crippen molar-refractivity contribution in [3.05, 3.63) is 29.8 Å². The fourth-order valence-corrected chi connectivity index (χ4v) is 3.78. The van der Waals surface area contributed by atoms with Crippen LogP contribution in [-0.2, 0) is 10.0 Å². The van der Waals surface area contributed by atoms with Crippen LogP contribution in [0.2, 0.25) is 0 Å². The summed E-state index contributed by atoms with van der Waals surface area (Å²) in [5.41, 5.74) is 0.776. The van der Waals surface area contributed by atoms with Crippen LogP contribution in [0.5, 0.6) is 0 Å². The third-order valence-corrected chi connectivity index (χ3v) is 5.08. The zero-order valence-corrected chi connectivity index (χ0v) is 13.2. The highest BCUT2D eigenvalue weighted by Gasteiger charge is 2.17. The minimum absolute atomic E-state index is 0.374. The summed E-state index contributed by atoms with van der Waals surface area (Å²) in [7, 11) is -3.38. The number of hydrogen-bond acceptors (Lipinski definition) is 2. The predicted octanol–water partition coefficient (Wildman–Crippen LogP) is 3.08. The van der Waals surface area contributed by atoms with Gasteiger partial charge in [0.1, 0.15) is 0 Å². The molecular formula is C13H20BrNO2S. The molecule has 0 aliphatic heterocycles. The van der Waals surface area contributed by atoms with E-state index in [0.717, 1.165) is 23.7 Å². The largest absolute Gasteiger partial charge is 0.240 e. The van der Waals surface area contributed by atoms with Gasteiger partial charge in [-0.25, -0.2) is 13.1 Å². The van der Waals surface area contributed by atoms with E-state index in [1.54, 1.807) is 12.1 Å². The van der Waals surface area contributed by atoms with Gasteiger partial charge in [0.2, 0.25) is 10.0 Å². The Bertz CT molecular complexity index is 474. The zero-order chi connectivity index (χ0) is 13.6. The van der Waals surface area contributed by atoms with Crippen molar-refractivity contribution in [2.45, 2.75) is 31.6 Å². The number of aryl methyl sites for hydroxylation is 1. The number of nitrogens with one attached hydrogen (secondary N) is 1. The molecule has 0 amide bonds. The zero-order valence-electron chi connectivity index (χ0n) is 10.8. The summed E-state index contributed by atoms with van der Waals surface area (Å²) in [4.78, 5) is 0.374. The van der Waals surface area contributed by atoms with Gasteiger partial charge in [-0.1, -0.05) is 47.5 Å². The molecule has 0 spiro atoms. The lowest BCUT2D eigenvalue weighted by Gasteiger charge is -2.15. The summed E-state index contributed by atoms with van der Waals surface area (Å²) in [6.45, 7) is 4.39. The fraction of sp³-hybridized carbons (Fsp3) is 0.538. The van der Waals surface area contributed by atoms with E-state index in [0.29, 0.717) is 17.4 Å². The molecule has 0 fully saturated rings. The van der Waals surface area contributed by atoms with Crippen LogP contribution >= 0.6 is 15.9 Å². The standard InChI is InChI=1S/C13H20BrNO2S/c1-3-12(8-9-14)10-15-18(16,17)13-7-5-4-6-11(13)2/h4-7,12,15H,3,8-10H2,1-2H3. The quantitative estimate of drug-likeness (QED) is 0.779. The van der Waals surface area contributed by atoms with Crippen LogP contribution in [-0.4, -0.2) is 20.3 Å². The first-order valence-corrected chi connectivity index (χ1v) is 8.73. The Hall–Kier alpha value is -0.390. The molecule has 102 valence electrons. The predicted molar refractivity (Wildman–Crippen MR) is 78.6 cm³/mol. The van der Waals surface area contributed by atoms with Crippen LogP contribution < -0.4 is 4.72 Å². The molecule has 0 heterocycles. The average Bonchev–Trinajstić information content (AvgIpc) is 2.34. The second-order valence-electron chi connectivity index (χ2n) is 4.37. The van der Waals surface area contributed by atoms with Crippen molar-refractivity contribution in [2.24, 2.45) is 5.92 Å². The summed E-state index contributed by atoms with van der Waals surface area (Å²) < 4.78 is 27.0. The molecule has 0 aromatic heterocycles. The molecule has 0 aliphatic rings. The second-order valence-corrected chi connectivity index (χ2v) is 6.90. The number of sulfonamides is 1. The van der Waals surface area contributed by atoms with E-state index in [9.17, 15) is 8.42 Å². The average molecular weight is 334 g/mol. The topological polar surface area (TPSA) is 46.2 Å². The van der Waals surface area contributed by atoms with Crippen molar-refractivity contribution < 1.29 is 8.42 Å². The molecule has 0 aliphatic carbocycles. The van der Waals surface area contributed by atoms with Crippen molar-refractivity contribution in [2.75, 3.05) is 11.9 Å². The Morgan fingerprint density at radius 3 is 2.56 bits per heavy atom. The molecule has 0 saturated heterocycles. The maximum atomic E-state index is 12.2.